The lowest BCUT2D eigenvalue weighted by molar-refractivity contribution is -0.140. The van der Waals surface area contributed by atoms with Crippen molar-refractivity contribution in [3.8, 4) is 0 Å². The molecule has 144 valence electrons. The molecule has 1 aromatic rings. The van der Waals surface area contributed by atoms with Crippen LogP contribution in [0.4, 0.5) is 0 Å². The monoisotopic (exact) mass is 382 g/mol. The predicted molar refractivity (Wildman–Crippen MR) is 97.3 cm³/mol. The van der Waals surface area contributed by atoms with Gasteiger partial charge in [-0.1, -0.05) is 18.9 Å². The SMILES string of the molecule is COC(=O)CCCNC(=O)c1cccc(S(=O)(=O)N2CCCCCC2)c1. The van der Waals surface area contributed by atoms with Crippen molar-refractivity contribution < 1.29 is 22.7 Å². The lowest BCUT2D eigenvalue weighted by Gasteiger charge is -2.20. The Hall–Kier alpha value is -1.93. The summed E-state index contributed by atoms with van der Waals surface area (Å²) >= 11 is 0. The zero-order chi connectivity index (χ0) is 19.0. The van der Waals surface area contributed by atoms with Crippen LogP contribution in [0.3, 0.4) is 0 Å². The second kappa shape index (κ2) is 9.68. The number of rotatable bonds is 7. The minimum Gasteiger partial charge on any atom is -0.469 e. The van der Waals surface area contributed by atoms with Crippen LogP contribution in [0.5, 0.6) is 0 Å². The fourth-order valence-corrected chi connectivity index (χ4v) is 4.43. The molecule has 2 rings (SSSR count). The Bertz CT molecular complexity index is 725. The molecule has 0 aliphatic carbocycles. The number of ether oxygens (including phenoxy) is 1. The molecule has 26 heavy (non-hydrogen) atoms. The number of amides is 1. The zero-order valence-corrected chi connectivity index (χ0v) is 15.9. The van der Waals surface area contributed by atoms with E-state index in [9.17, 15) is 18.0 Å². The number of carbonyl (C=O) groups is 2. The van der Waals surface area contributed by atoms with E-state index in [0.717, 1.165) is 25.7 Å². The quantitative estimate of drug-likeness (QED) is 0.575. The first kappa shape index (κ1) is 20.4. The maximum absolute atomic E-state index is 12.8. The standard InChI is InChI=1S/C18H26N2O5S/c1-25-17(21)10-7-11-19-18(22)15-8-6-9-16(14-15)26(23,24)20-12-4-2-3-5-13-20/h6,8-9,14H,2-5,7,10-13H2,1H3,(H,19,22). The number of nitrogens with one attached hydrogen (secondary N) is 1. The average Bonchev–Trinajstić information content (AvgIpc) is 2.95. The molecule has 0 aromatic heterocycles. The van der Waals surface area contributed by atoms with Gasteiger partial charge in [-0.15, -0.1) is 0 Å². The van der Waals surface area contributed by atoms with E-state index in [-0.39, 0.29) is 23.2 Å². The van der Waals surface area contributed by atoms with Crippen LogP contribution < -0.4 is 5.32 Å². The first-order valence-electron chi connectivity index (χ1n) is 8.90. The van der Waals surface area contributed by atoms with Gasteiger partial charge in [0, 0.05) is 31.6 Å². The van der Waals surface area contributed by atoms with Gasteiger partial charge in [0.25, 0.3) is 5.91 Å². The summed E-state index contributed by atoms with van der Waals surface area (Å²) in [5, 5.41) is 2.69. The maximum atomic E-state index is 12.8. The number of esters is 1. The highest BCUT2D eigenvalue weighted by atomic mass is 32.2. The Morgan fingerprint density at radius 1 is 1.15 bits per heavy atom. The van der Waals surface area contributed by atoms with Crippen LogP contribution in [-0.4, -0.2) is 51.3 Å². The lowest BCUT2D eigenvalue weighted by atomic mass is 10.2. The Kier molecular flexibility index (Phi) is 7.59. The highest BCUT2D eigenvalue weighted by Crippen LogP contribution is 2.21. The highest BCUT2D eigenvalue weighted by Gasteiger charge is 2.25. The minimum absolute atomic E-state index is 0.140. The molecule has 1 aromatic carbocycles. The first-order chi connectivity index (χ1) is 12.4. The first-order valence-corrected chi connectivity index (χ1v) is 10.3. The van der Waals surface area contributed by atoms with Crippen LogP contribution in [0.15, 0.2) is 29.2 Å². The Morgan fingerprint density at radius 3 is 2.50 bits per heavy atom. The number of hydrogen-bond acceptors (Lipinski definition) is 5. The van der Waals surface area contributed by atoms with Crippen LogP contribution >= 0.6 is 0 Å². The van der Waals surface area contributed by atoms with Crippen molar-refractivity contribution in [1.29, 1.82) is 0 Å². The van der Waals surface area contributed by atoms with Crippen molar-refractivity contribution in [2.24, 2.45) is 0 Å². The highest BCUT2D eigenvalue weighted by molar-refractivity contribution is 7.89. The molecule has 0 saturated carbocycles. The predicted octanol–water partition coefficient (Wildman–Crippen LogP) is 1.93. The molecule has 0 unspecified atom stereocenters. The molecule has 0 radical (unpaired) electrons. The molecule has 7 nitrogen and oxygen atoms in total. The topological polar surface area (TPSA) is 92.8 Å². The minimum atomic E-state index is -3.59. The van der Waals surface area contributed by atoms with E-state index in [1.807, 2.05) is 0 Å². The third kappa shape index (κ3) is 5.54. The van der Waals surface area contributed by atoms with E-state index >= 15 is 0 Å². The van der Waals surface area contributed by atoms with Crippen molar-refractivity contribution in [3.05, 3.63) is 29.8 Å². The summed E-state index contributed by atoms with van der Waals surface area (Å²) in [7, 11) is -2.27. The number of benzene rings is 1. The van der Waals surface area contributed by atoms with E-state index in [1.54, 1.807) is 12.1 Å². The molecule has 8 heteroatoms. The molecule has 1 saturated heterocycles. The van der Waals surface area contributed by atoms with Crippen molar-refractivity contribution in [2.45, 2.75) is 43.4 Å². The lowest BCUT2D eigenvalue weighted by Crippen LogP contribution is -2.32. The van der Waals surface area contributed by atoms with Crippen molar-refractivity contribution in [2.75, 3.05) is 26.7 Å². The number of sulfonamides is 1. The normalized spacial score (nSPS) is 15.9. The van der Waals surface area contributed by atoms with E-state index in [2.05, 4.69) is 10.1 Å². The van der Waals surface area contributed by atoms with E-state index < -0.39 is 10.0 Å². The molecule has 1 amide bonds. The van der Waals surface area contributed by atoms with Crippen LogP contribution in [0.25, 0.3) is 0 Å². The van der Waals surface area contributed by atoms with Gasteiger partial charge in [0.1, 0.15) is 0 Å². The molecule has 1 heterocycles. The third-order valence-electron chi connectivity index (χ3n) is 4.37. The molecular formula is C18H26N2O5S. The van der Waals surface area contributed by atoms with Crippen LogP contribution in [0.2, 0.25) is 0 Å². The Balaban J connectivity index is 2.02. The average molecular weight is 382 g/mol. The summed E-state index contributed by atoms with van der Waals surface area (Å²) in [5.74, 6) is -0.687. The third-order valence-corrected chi connectivity index (χ3v) is 6.26. The van der Waals surface area contributed by atoms with Crippen molar-refractivity contribution in [3.63, 3.8) is 0 Å². The number of carbonyl (C=O) groups excluding carboxylic acids is 2. The summed E-state index contributed by atoms with van der Waals surface area (Å²) in [4.78, 5) is 23.4. The summed E-state index contributed by atoms with van der Waals surface area (Å²) < 4.78 is 31.7. The van der Waals surface area contributed by atoms with E-state index in [0.29, 0.717) is 31.6 Å². The second-order valence-electron chi connectivity index (χ2n) is 6.28. The number of nitrogens with zero attached hydrogens (tertiary/aromatic N) is 1. The molecule has 1 aliphatic heterocycles. The fourth-order valence-electron chi connectivity index (χ4n) is 2.87. The molecule has 0 atom stereocenters. The summed E-state index contributed by atoms with van der Waals surface area (Å²) in [6, 6.07) is 6.09. The largest absolute Gasteiger partial charge is 0.469 e. The van der Waals surface area contributed by atoms with Gasteiger partial charge >= 0.3 is 5.97 Å². The van der Waals surface area contributed by atoms with Crippen LogP contribution in [0.1, 0.15) is 48.9 Å². The van der Waals surface area contributed by atoms with Crippen molar-refractivity contribution in [1.82, 2.24) is 9.62 Å². The molecule has 1 N–H and O–H groups in total. The number of hydrogen-bond donors (Lipinski definition) is 1. The van der Waals surface area contributed by atoms with Gasteiger partial charge in [-0.3, -0.25) is 9.59 Å². The summed E-state index contributed by atoms with van der Waals surface area (Å²) in [6.07, 6.45) is 4.49. The molecule has 0 bridgehead atoms. The summed E-state index contributed by atoms with van der Waals surface area (Å²) in [6.45, 7) is 1.36. The second-order valence-corrected chi connectivity index (χ2v) is 8.22. The van der Waals surface area contributed by atoms with Crippen molar-refractivity contribution >= 4 is 21.9 Å². The van der Waals surface area contributed by atoms with Gasteiger partial charge in [0.15, 0.2) is 0 Å². The maximum Gasteiger partial charge on any atom is 0.305 e. The molecule has 1 aliphatic rings. The summed E-state index contributed by atoms with van der Waals surface area (Å²) in [5.41, 5.74) is 0.291. The fraction of sp³-hybridized carbons (Fsp3) is 0.556. The van der Waals surface area contributed by atoms with Gasteiger partial charge < -0.3 is 10.1 Å². The van der Waals surface area contributed by atoms with Gasteiger partial charge in [-0.05, 0) is 37.5 Å². The van der Waals surface area contributed by atoms with Gasteiger partial charge in [0.05, 0.1) is 12.0 Å². The Morgan fingerprint density at radius 2 is 1.85 bits per heavy atom. The number of methoxy groups -OCH3 is 1. The smallest absolute Gasteiger partial charge is 0.305 e. The van der Waals surface area contributed by atoms with Crippen LogP contribution in [0, 0.1) is 0 Å². The van der Waals surface area contributed by atoms with Gasteiger partial charge in [-0.25, -0.2) is 8.42 Å². The Labute approximate surface area is 154 Å². The zero-order valence-electron chi connectivity index (χ0n) is 15.1. The van der Waals surface area contributed by atoms with Crippen LogP contribution in [-0.2, 0) is 19.6 Å². The molecule has 1 fully saturated rings. The molecular weight excluding hydrogens is 356 g/mol. The van der Waals surface area contributed by atoms with E-state index in [4.69, 9.17) is 0 Å². The van der Waals surface area contributed by atoms with E-state index in [1.165, 1.54) is 23.5 Å². The van der Waals surface area contributed by atoms with Gasteiger partial charge in [-0.2, -0.15) is 4.31 Å². The molecule has 0 spiro atoms. The van der Waals surface area contributed by atoms with Gasteiger partial charge in [0.2, 0.25) is 10.0 Å².